The number of benzene rings is 1. The maximum Gasteiger partial charge on any atom is 0.274 e. The Kier molecular flexibility index (Phi) is 4.76. The molecular formula is C18H23N5O. The third-order valence-corrected chi connectivity index (χ3v) is 4.19. The van der Waals surface area contributed by atoms with Crippen molar-refractivity contribution in [2.75, 3.05) is 43.4 Å². The lowest BCUT2D eigenvalue weighted by atomic mass is 10.2. The van der Waals surface area contributed by atoms with Gasteiger partial charge in [0.2, 0.25) is 0 Å². The molecule has 0 spiro atoms. The molecule has 1 amide bonds. The molecule has 2 heterocycles. The molecule has 2 aromatic rings. The van der Waals surface area contributed by atoms with Gasteiger partial charge in [-0.2, -0.15) is 0 Å². The Balaban J connectivity index is 1.66. The van der Waals surface area contributed by atoms with Crippen LogP contribution in [-0.4, -0.2) is 54.0 Å². The molecule has 0 atom stereocenters. The number of anilines is 2. The van der Waals surface area contributed by atoms with Gasteiger partial charge in [0.05, 0.1) is 0 Å². The summed E-state index contributed by atoms with van der Waals surface area (Å²) >= 11 is 0. The highest BCUT2D eigenvalue weighted by Gasteiger charge is 2.14. The SMILES string of the molecule is Cc1cc(C(=O)Nc2ccc(N3CCN(C)CC3)cc2)nc(C)n1. The molecule has 1 aromatic carbocycles. The standard InChI is InChI=1S/C18H23N5O/c1-13-12-17(20-14(2)19-13)18(24)21-15-4-6-16(7-5-15)23-10-8-22(3)9-11-23/h4-7,12H,8-11H2,1-3H3,(H,21,24). The zero-order chi connectivity index (χ0) is 17.1. The second-order valence-electron chi connectivity index (χ2n) is 6.23. The summed E-state index contributed by atoms with van der Waals surface area (Å²) in [6, 6.07) is 9.68. The number of aromatic nitrogens is 2. The van der Waals surface area contributed by atoms with Gasteiger partial charge in [-0.05, 0) is 51.2 Å². The molecule has 0 radical (unpaired) electrons. The topological polar surface area (TPSA) is 61.4 Å². The van der Waals surface area contributed by atoms with E-state index in [1.165, 1.54) is 5.69 Å². The van der Waals surface area contributed by atoms with Gasteiger partial charge in [-0.1, -0.05) is 0 Å². The molecule has 0 aliphatic carbocycles. The van der Waals surface area contributed by atoms with Crippen LogP contribution < -0.4 is 10.2 Å². The molecule has 0 unspecified atom stereocenters. The van der Waals surface area contributed by atoms with E-state index in [-0.39, 0.29) is 5.91 Å². The van der Waals surface area contributed by atoms with Crippen LogP contribution in [-0.2, 0) is 0 Å². The number of carbonyl (C=O) groups is 1. The smallest absolute Gasteiger partial charge is 0.274 e. The van der Waals surface area contributed by atoms with Crippen LogP contribution in [0.4, 0.5) is 11.4 Å². The summed E-state index contributed by atoms with van der Waals surface area (Å²) < 4.78 is 0. The number of nitrogens with one attached hydrogen (secondary N) is 1. The molecule has 3 rings (SSSR count). The Hall–Kier alpha value is -2.47. The van der Waals surface area contributed by atoms with Crippen LogP contribution in [0.5, 0.6) is 0 Å². The number of aryl methyl sites for hydroxylation is 2. The number of nitrogens with zero attached hydrogens (tertiary/aromatic N) is 4. The summed E-state index contributed by atoms with van der Waals surface area (Å²) in [5.41, 5.74) is 3.14. The minimum atomic E-state index is -0.212. The van der Waals surface area contributed by atoms with E-state index in [0.29, 0.717) is 11.5 Å². The number of carbonyl (C=O) groups excluding carboxylic acids is 1. The predicted molar refractivity (Wildman–Crippen MR) is 95.6 cm³/mol. The Labute approximate surface area is 142 Å². The molecule has 6 nitrogen and oxygen atoms in total. The Morgan fingerprint density at radius 2 is 1.71 bits per heavy atom. The van der Waals surface area contributed by atoms with Crippen molar-refractivity contribution in [2.24, 2.45) is 0 Å². The van der Waals surface area contributed by atoms with Crippen molar-refractivity contribution >= 4 is 17.3 Å². The lowest BCUT2D eigenvalue weighted by molar-refractivity contribution is 0.102. The van der Waals surface area contributed by atoms with Gasteiger partial charge >= 0.3 is 0 Å². The molecule has 6 heteroatoms. The molecule has 1 aromatic heterocycles. The summed E-state index contributed by atoms with van der Waals surface area (Å²) in [7, 11) is 2.15. The molecule has 126 valence electrons. The van der Waals surface area contributed by atoms with Gasteiger partial charge in [-0.25, -0.2) is 9.97 Å². The average Bonchev–Trinajstić information content (AvgIpc) is 2.55. The van der Waals surface area contributed by atoms with Gasteiger partial charge in [0.15, 0.2) is 0 Å². The summed E-state index contributed by atoms with van der Waals surface area (Å²) in [5.74, 6) is 0.390. The Morgan fingerprint density at radius 3 is 2.33 bits per heavy atom. The van der Waals surface area contributed by atoms with Crippen LogP contribution in [0.2, 0.25) is 0 Å². The second-order valence-corrected chi connectivity index (χ2v) is 6.23. The number of likely N-dealkylation sites (N-methyl/N-ethyl adjacent to an activating group) is 1. The Morgan fingerprint density at radius 1 is 1.04 bits per heavy atom. The molecule has 0 saturated carbocycles. The van der Waals surface area contributed by atoms with Gasteiger partial charge in [-0.3, -0.25) is 4.79 Å². The fourth-order valence-electron chi connectivity index (χ4n) is 2.85. The van der Waals surface area contributed by atoms with Gasteiger partial charge in [0.25, 0.3) is 5.91 Å². The molecule has 1 fully saturated rings. The highest BCUT2D eigenvalue weighted by molar-refractivity contribution is 6.03. The van der Waals surface area contributed by atoms with Crippen molar-refractivity contribution in [1.29, 1.82) is 0 Å². The van der Waals surface area contributed by atoms with Crippen LogP contribution >= 0.6 is 0 Å². The summed E-state index contributed by atoms with van der Waals surface area (Å²) in [4.78, 5) is 25.4. The number of hydrogen-bond donors (Lipinski definition) is 1. The fourth-order valence-corrected chi connectivity index (χ4v) is 2.85. The first-order chi connectivity index (χ1) is 11.5. The number of hydrogen-bond acceptors (Lipinski definition) is 5. The highest BCUT2D eigenvalue weighted by Crippen LogP contribution is 2.19. The molecule has 1 aliphatic heterocycles. The van der Waals surface area contributed by atoms with Gasteiger partial charge in [0, 0.05) is 43.2 Å². The van der Waals surface area contributed by atoms with Gasteiger partial charge in [-0.15, -0.1) is 0 Å². The molecule has 1 aliphatic rings. The minimum Gasteiger partial charge on any atom is -0.369 e. The van der Waals surface area contributed by atoms with E-state index in [1.54, 1.807) is 13.0 Å². The third kappa shape index (κ3) is 3.89. The number of rotatable bonds is 3. The van der Waals surface area contributed by atoms with Crippen molar-refractivity contribution in [3.63, 3.8) is 0 Å². The first-order valence-corrected chi connectivity index (χ1v) is 8.18. The summed E-state index contributed by atoms with van der Waals surface area (Å²) in [6.45, 7) is 7.85. The van der Waals surface area contributed by atoms with Crippen LogP contribution in [0, 0.1) is 13.8 Å². The minimum absolute atomic E-state index is 0.212. The first-order valence-electron chi connectivity index (χ1n) is 8.18. The normalized spacial score (nSPS) is 15.4. The number of piperazine rings is 1. The van der Waals surface area contributed by atoms with E-state index >= 15 is 0 Å². The monoisotopic (exact) mass is 325 g/mol. The van der Waals surface area contributed by atoms with Gasteiger partial charge in [0.1, 0.15) is 11.5 Å². The second kappa shape index (κ2) is 6.97. The largest absolute Gasteiger partial charge is 0.369 e. The fraction of sp³-hybridized carbons (Fsp3) is 0.389. The molecule has 24 heavy (non-hydrogen) atoms. The Bertz CT molecular complexity index is 700. The quantitative estimate of drug-likeness (QED) is 0.936. The van der Waals surface area contributed by atoms with Crippen molar-refractivity contribution in [3.8, 4) is 0 Å². The zero-order valence-corrected chi connectivity index (χ0v) is 14.4. The maximum absolute atomic E-state index is 12.3. The average molecular weight is 325 g/mol. The van der Waals surface area contributed by atoms with Crippen molar-refractivity contribution in [1.82, 2.24) is 14.9 Å². The van der Waals surface area contributed by atoms with E-state index in [1.807, 2.05) is 19.1 Å². The molecular weight excluding hydrogens is 302 g/mol. The third-order valence-electron chi connectivity index (χ3n) is 4.19. The summed E-state index contributed by atoms with van der Waals surface area (Å²) in [6.07, 6.45) is 0. The van der Waals surface area contributed by atoms with Crippen LogP contribution in [0.25, 0.3) is 0 Å². The maximum atomic E-state index is 12.3. The summed E-state index contributed by atoms with van der Waals surface area (Å²) in [5, 5.41) is 2.89. The van der Waals surface area contributed by atoms with E-state index in [9.17, 15) is 4.79 Å². The molecule has 1 saturated heterocycles. The van der Waals surface area contributed by atoms with Crippen LogP contribution in [0.3, 0.4) is 0 Å². The van der Waals surface area contributed by atoms with Crippen LogP contribution in [0.15, 0.2) is 30.3 Å². The molecule has 0 bridgehead atoms. The highest BCUT2D eigenvalue weighted by atomic mass is 16.1. The predicted octanol–water partition coefficient (Wildman–Crippen LogP) is 2.10. The lowest BCUT2D eigenvalue weighted by Crippen LogP contribution is -2.44. The van der Waals surface area contributed by atoms with Gasteiger partial charge < -0.3 is 15.1 Å². The van der Waals surface area contributed by atoms with Crippen molar-refractivity contribution < 1.29 is 4.79 Å². The number of amides is 1. The van der Waals surface area contributed by atoms with Crippen molar-refractivity contribution in [3.05, 3.63) is 47.5 Å². The van der Waals surface area contributed by atoms with E-state index < -0.39 is 0 Å². The first kappa shape index (κ1) is 16.4. The van der Waals surface area contributed by atoms with E-state index in [2.05, 4.69) is 44.3 Å². The molecule has 1 N–H and O–H groups in total. The van der Waals surface area contributed by atoms with Crippen molar-refractivity contribution in [2.45, 2.75) is 13.8 Å². The van der Waals surface area contributed by atoms with Crippen LogP contribution in [0.1, 0.15) is 22.0 Å². The van der Waals surface area contributed by atoms with E-state index in [0.717, 1.165) is 37.6 Å². The van der Waals surface area contributed by atoms with E-state index in [4.69, 9.17) is 0 Å². The zero-order valence-electron chi connectivity index (χ0n) is 14.4. The lowest BCUT2D eigenvalue weighted by Gasteiger charge is -2.34.